The molecule has 0 radical (unpaired) electrons. The summed E-state index contributed by atoms with van der Waals surface area (Å²) in [6, 6.07) is 10.2. The van der Waals surface area contributed by atoms with Crippen molar-refractivity contribution >= 4 is 29.3 Å². The SMILES string of the molecule is Cl.ClC1=NCCN1NCc1ccccc1. The number of amidine groups is 1. The van der Waals surface area contributed by atoms with Crippen molar-refractivity contribution in [2.24, 2.45) is 4.99 Å². The Morgan fingerprint density at radius 1 is 1.33 bits per heavy atom. The van der Waals surface area contributed by atoms with Gasteiger partial charge in [-0.2, -0.15) is 0 Å². The molecule has 0 bridgehead atoms. The summed E-state index contributed by atoms with van der Waals surface area (Å²) in [5, 5.41) is 2.43. The van der Waals surface area contributed by atoms with Gasteiger partial charge in [-0.1, -0.05) is 30.3 Å². The average Bonchev–Trinajstić information content (AvgIpc) is 2.63. The van der Waals surface area contributed by atoms with Crippen LogP contribution >= 0.6 is 24.0 Å². The Morgan fingerprint density at radius 3 is 2.67 bits per heavy atom. The third-order valence-corrected chi connectivity index (χ3v) is 2.43. The van der Waals surface area contributed by atoms with Crippen LogP contribution < -0.4 is 5.43 Å². The van der Waals surface area contributed by atoms with Gasteiger partial charge < -0.3 is 0 Å². The van der Waals surface area contributed by atoms with Crippen LogP contribution in [0.25, 0.3) is 0 Å². The predicted octanol–water partition coefficient (Wildman–Crippen LogP) is 2.02. The molecule has 0 saturated carbocycles. The van der Waals surface area contributed by atoms with Crippen molar-refractivity contribution in [3.8, 4) is 0 Å². The van der Waals surface area contributed by atoms with E-state index in [0.717, 1.165) is 19.6 Å². The summed E-state index contributed by atoms with van der Waals surface area (Å²) in [5.41, 5.74) is 4.46. The smallest absolute Gasteiger partial charge is 0.208 e. The van der Waals surface area contributed by atoms with Crippen LogP contribution in [-0.2, 0) is 6.54 Å². The van der Waals surface area contributed by atoms with Crippen LogP contribution in [0.4, 0.5) is 0 Å². The Hall–Kier alpha value is -0.770. The maximum atomic E-state index is 5.86. The van der Waals surface area contributed by atoms with Crippen molar-refractivity contribution in [2.75, 3.05) is 13.1 Å². The Labute approximate surface area is 101 Å². The largest absolute Gasteiger partial charge is 0.280 e. The highest BCUT2D eigenvalue weighted by Crippen LogP contribution is 2.03. The fourth-order valence-electron chi connectivity index (χ4n) is 1.35. The second-order valence-electron chi connectivity index (χ2n) is 3.12. The fourth-order valence-corrected chi connectivity index (χ4v) is 1.58. The zero-order valence-corrected chi connectivity index (χ0v) is 9.76. The first kappa shape index (κ1) is 12.3. The highest BCUT2D eigenvalue weighted by Gasteiger charge is 2.13. The molecule has 1 aromatic carbocycles. The van der Waals surface area contributed by atoms with Gasteiger partial charge in [-0.05, 0) is 17.2 Å². The number of aliphatic imine (C=N–C) groups is 1. The van der Waals surface area contributed by atoms with Crippen LogP contribution in [0.2, 0.25) is 0 Å². The first-order valence-electron chi connectivity index (χ1n) is 4.61. The van der Waals surface area contributed by atoms with E-state index in [1.165, 1.54) is 5.56 Å². The Balaban J connectivity index is 0.00000112. The van der Waals surface area contributed by atoms with Crippen LogP contribution in [-0.4, -0.2) is 23.4 Å². The molecule has 1 aromatic rings. The third kappa shape index (κ3) is 3.38. The van der Waals surface area contributed by atoms with Gasteiger partial charge in [-0.25, -0.2) is 5.43 Å². The molecule has 3 nitrogen and oxygen atoms in total. The van der Waals surface area contributed by atoms with Gasteiger partial charge in [0, 0.05) is 6.54 Å². The lowest BCUT2D eigenvalue weighted by molar-refractivity contribution is 0.335. The summed E-state index contributed by atoms with van der Waals surface area (Å²) in [6.45, 7) is 2.42. The Bertz CT molecular complexity index is 327. The number of halogens is 2. The number of nitrogens with zero attached hydrogens (tertiary/aromatic N) is 2. The van der Waals surface area contributed by atoms with Crippen molar-refractivity contribution in [1.82, 2.24) is 10.4 Å². The second kappa shape index (κ2) is 5.95. The lowest BCUT2D eigenvalue weighted by atomic mass is 10.2. The summed E-state index contributed by atoms with van der Waals surface area (Å²) in [5.74, 6) is 0. The van der Waals surface area contributed by atoms with Gasteiger partial charge in [0.2, 0.25) is 5.29 Å². The molecule has 2 rings (SSSR count). The number of benzene rings is 1. The Morgan fingerprint density at radius 2 is 2.07 bits per heavy atom. The molecule has 0 fully saturated rings. The maximum absolute atomic E-state index is 5.86. The molecule has 0 aromatic heterocycles. The number of hydrogen-bond acceptors (Lipinski definition) is 3. The molecule has 15 heavy (non-hydrogen) atoms. The molecule has 82 valence electrons. The molecule has 1 aliphatic heterocycles. The van der Waals surface area contributed by atoms with E-state index in [9.17, 15) is 0 Å². The van der Waals surface area contributed by atoms with Crippen molar-refractivity contribution in [3.05, 3.63) is 35.9 Å². The maximum Gasteiger partial charge on any atom is 0.208 e. The first-order valence-corrected chi connectivity index (χ1v) is 4.99. The fraction of sp³-hybridized carbons (Fsp3) is 0.300. The zero-order valence-electron chi connectivity index (χ0n) is 8.19. The monoisotopic (exact) mass is 245 g/mol. The molecule has 0 atom stereocenters. The van der Waals surface area contributed by atoms with Crippen LogP contribution in [0.15, 0.2) is 35.3 Å². The van der Waals surface area contributed by atoms with E-state index in [0.29, 0.717) is 5.29 Å². The van der Waals surface area contributed by atoms with Gasteiger partial charge in [0.1, 0.15) is 0 Å². The average molecular weight is 246 g/mol. The van der Waals surface area contributed by atoms with Gasteiger partial charge in [0.25, 0.3) is 0 Å². The molecular weight excluding hydrogens is 233 g/mol. The minimum absolute atomic E-state index is 0. The Kier molecular flexibility index (Phi) is 4.88. The summed E-state index contributed by atoms with van der Waals surface area (Å²) in [6.07, 6.45) is 0. The molecule has 0 unspecified atom stereocenters. The van der Waals surface area contributed by atoms with Gasteiger partial charge in [-0.3, -0.25) is 10.0 Å². The van der Waals surface area contributed by atoms with Gasteiger partial charge >= 0.3 is 0 Å². The van der Waals surface area contributed by atoms with Crippen molar-refractivity contribution in [3.63, 3.8) is 0 Å². The van der Waals surface area contributed by atoms with E-state index in [1.54, 1.807) is 0 Å². The normalized spacial score (nSPS) is 14.7. The van der Waals surface area contributed by atoms with Crippen LogP contribution in [0.1, 0.15) is 5.56 Å². The standard InChI is InChI=1S/C10H12ClN3.ClH/c11-10-12-6-7-14(10)13-8-9-4-2-1-3-5-9;/h1-5,13H,6-8H2;1H. The van der Waals surface area contributed by atoms with E-state index < -0.39 is 0 Å². The van der Waals surface area contributed by atoms with Crippen molar-refractivity contribution < 1.29 is 0 Å². The lowest BCUT2D eigenvalue weighted by Crippen LogP contribution is -2.38. The quantitative estimate of drug-likeness (QED) is 0.826. The topological polar surface area (TPSA) is 27.6 Å². The summed E-state index contributed by atoms with van der Waals surface area (Å²) in [4.78, 5) is 4.08. The summed E-state index contributed by atoms with van der Waals surface area (Å²) >= 11 is 5.86. The molecule has 1 heterocycles. The molecule has 0 amide bonds. The lowest BCUT2D eigenvalue weighted by Gasteiger charge is -2.17. The van der Waals surface area contributed by atoms with Crippen LogP contribution in [0.3, 0.4) is 0 Å². The number of hydrogen-bond donors (Lipinski definition) is 1. The van der Waals surface area contributed by atoms with E-state index in [1.807, 2.05) is 23.2 Å². The minimum Gasteiger partial charge on any atom is -0.280 e. The first-order chi connectivity index (χ1) is 6.86. The third-order valence-electron chi connectivity index (χ3n) is 2.11. The second-order valence-corrected chi connectivity index (χ2v) is 3.46. The van der Waals surface area contributed by atoms with Crippen molar-refractivity contribution in [2.45, 2.75) is 6.54 Å². The highest BCUT2D eigenvalue weighted by atomic mass is 35.5. The molecular formula is C10H13Cl2N3. The van der Waals surface area contributed by atoms with E-state index in [-0.39, 0.29) is 12.4 Å². The number of nitrogens with one attached hydrogen (secondary N) is 1. The minimum atomic E-state index is 0. The molecule has 1 aliphatic rings. The summed E-state index contributed by atoms with van der Waals surface area (Å²) in [7, 11) is 0. The molecule has 0 saturated heterocycles. The van der Waals surface area contributed by atoms with Crippen molar-refractivity contribution in [1.29, 1.82) is 0 Å². The van der Waals surface area contributed by atoms with Gasteiger partial charge in [0.15, 0.2) is 0 Å². The predicted molar refractivity (Wildman–Crippen MR) is 65.4 cm³/mol. The summed E-state index contributed by atoms with van der Waals surface area (Å²) < 4.78 is 0. The number of rotatable bonds is 3. The van der Waals surface area contributed by atoms with E-state index >= 15 is 0 Å². The number of hydrazine groups is 1. The molecule has 5 heteroatoms. The molecule has 0 aliphatic carbocycles. The van der Waals surface area contributed by atoms with Gasteiger partial charge in [-0.15, -0.1) is 12.4 Å². The van der Waals surface area contributed by atoms with Gasteiger partial charge in [0.05, 0.1) is 13.1 Å². The molecule has 1 N–H and O–H groups in total. The highest BCUT2D eigenvalue weighted by molar-refractivity contribution is 6.64. The van der Waals surface area contributed by atoms with Crippen LogP contribution in [0, 0.1) is 0 Å². The van der Waals surface area contributed by atoms with Crippen LogP contribution in [0.5, 0.6) is 0 Å². The molecule has 0 spiro atoms. The zero-order chi connectivity index (χ0) is 9.80. The van der Waals surface area contributed by atoms with E-state index in [2.05, 4.69) is 22.6 Å². The van der Waals surface area contributed by atoms with E-state index in [4.69, 9.17) is 11.6 Å².